The predicted molar refractivity (Wildman–Crippen MR) is 59.8 cm³/mol. The summed E-state index contributed by atoms with van der Waals surface area (Å²) in [7, 11) is 1.60. The Bertz CT molecular complexity index is 368. The van der Waals surface area contributed by atoms with Gasteiger partial charge in [0.05, 0.1) is 12.7 Å². The first-order valence-corrected chi connectivity index (χ1v) is 5.05. The number of nitrogens with one attached hydrogen (secondary N) is 1. The van der Waals surface area contributed by atoms with Gasteiger partial charge in [-0.25, -0.2) is 0 Å². The monoisotopic (exact) mass is 204 g/mol. The summed E-state index contributed by atoms with van der Waals surface area (Å²) < 4.78 is 5.27. The van der Waals surface area contributed by atoms with Crippen molar-refractivity contribution in [3.05, 3.63) is 29.3 Å². The van der Waals surface area contributed by atoms with Crippen molar-refractivity contribution in [3.63, 3.8) is 0 Å². The van der Waals surface area contributed by atoms with Crippen LogP contribution in [0.4, 0.5) is 0 Å². The average Bonchev–Trinajstić information content (AvgIpc) is 2.28. The third kappa shape index (κ3) is 2.48. The van der Waals surface area contributed by atoms with E-state index < -0.39 is 0 Å². The number of nitriles is 1. The van der Waals surface area contributed by atoms with E-state index in [4.69, 9.17) is 10.00 Å². The van der Waals surface area contributed by atoms with Crippen LogP contribution in [0.5, 0.6) is 5.75 Å². The number of ether oxygens (including phenoxy) is 1. The van der Waals surface area contributed by atoms with E-state index in [1.54, 1.807) is 13.2 Å². The molecule has 1 N–H and O–H groups in total. The Kier molecular flexibility index (Phi) is 4.14. The Balaban J connectivity index is 3.12. The zero-order valence-corrected chi connectivity index (χ0v) is 9.37. The summed E-state index contributed by atoms with van der Waals surface area (Å²) in [5.74, 6) is 0.674. The molecule has 0 unspecified atom stereocenters. The van der Waals surface area contributed by atoms with Crippen molar-refractivity contribution in [1.82, 2.24) is 5.32 Å². The van der Waals surface area contributed by atoms with Gasteiger partial charge in [0.25, 0.3) is 0 Å². The van der Waals surface area contributed by atoms with Crippen molar-refractivity contribution >= 4 is 0 Å². The summed E-state index contributed by atoms with van der Waals surface area (Å²) in [6.07, 6.45) is 0. The largest absolute Gasteiger partial charge is 0.495 e. The number of nitrogens with zero attached hydrogens (tertiary/aromatic N) is 1. The van der Waals surface area contributed by atoms with Crippen molar-refractivity contribution < 1.29 is 4.74 Å². The molecule has 0 saturated carbocycles. The molecule has 0 heterocycles. The van der Waals surface area contributed by atoms with Crippen LogP contribution in [-0.4, -0.2) is 13.7 Å². The lowest BCUT2D eigenvalue weighted by atomic mass is 10.0. The third-order valence-corrected chi connectivity index (χ3v) is 2.35. The molecule has 0 aliphatic carbocycles. The van der Waals surface area contributed by atoms with Gasteiger partial charge >= 0.3 is 0 Å². The fourth-order valence-corrected chi connectivity index (χ4v) is 1.63. The topological polar surface area (TPSA) is 45.0 Å². The number of rotatable bonds is 4. The summed E-state index contributed by atoms with van der Waals surface area (Å²) in [5, 5.41) is 12.2. The highest BCUT2D eigenvalue weighted by atomic mass is 16.5. The van der Waals surface area contributed by atoms with E-state index in [-0.39, 0.29) is 6.04 Å². The number of hydrogen-bond donors (Lipinski definition) is 1. The molecule has 1 rings (SSSR count). The Morgan fingerprint density at radius 3 is 2.80 bits per heavy atom. The highest BCUT2D eigenvalue weighted by Crippen LogP contribution is 2.28. The van der Waals surface area contributed by atoms with Crippen molar-refractivity contribution in [1.29, 1.82) is 5.26 Å². The van der Waals surface area contributed by atoms with E-state index in [1.807, 2.05) is 12.1 Å². The third-order valence-electron chi connectivity index (χ3n) is 2.35. The van der Waals surface area contributed by atoms with E-state index in [1.165, 1.54) is 0 Å². The van der Waals surface area contributed by atoms with E-state index in [9.17, 15) is 0 Å². The SMILES string of the molecule is CCN[C@H](C)c1cccc(C#N)c1OC. The lowest BCUT2D eigenvalue weighted by Crippen LogP contribution is -2.18. The Labute approximate surface area is 90.7 Å². The Hall–Kier alpha value is -1.53. The average molecular weight is 204 g/mol. The molecule has 3 nitrogen and oxygen atoms in total. The standard InChI is InChI=1S/C12H16N2O/c1-4-14-9(2)11-7-5-6-10(8-13)12(11)15-3/h5-7,9,14H,4H2,1-3H3/t9-/m1/s1. The quantitative estimate of drug-likeness (QED) is 0.818. The van der Waals surface area contributed by atoms with Gasteiger partial charge in [0.15, 0.2) is 0 Å². The molecule has 15 heavy (non-hydrogen) atoms. The molecule has 0 radical (unpaired) electrons. The second kappa shape index (κ2) is 5.38. The van der Waals surface area contributed by atoms with Gasteiger partial charge in [-0.1, -0.05) is 19.1 Å². The maximum absolute atomic E-state index is 8.94. The van der Waals surface area contributed by atoms with Gasteiger partial charge in [-0.15, -0.1) is 0 Å². The first-order valence-electron chi connectivity index (χ1n) is 5.05. The number of para-hydroxylation sites is 1. The lowest BCUT2D eigenvalue weighted by molar-refractivity contribution is 0.401. The molecule has 1 aromatic rings. The fraction of sp³-hybridized carbons (Fsp3) is 0.417. The number of hydrogen-bond acceptors (Lipinski definition) is 3. The zero-order chi connectivity index (χ0) is 11.3. The fourth-order valence-electron chi connectivity index (χ4n) is 1.63. The summed E-state index contributed by atoms with van der Waals surface area (Å²) in [4.78, 5) is 0. The van der Waals surface area contributed by atoms with Crippen LogP contribution in [0.15, 0.2) is 18.2 Å². The van der Waals surface area contributed by atoms with Gasteiger partial charge in [0.2, 0.25) is 0 Å². The summed E-state index contributed by atoms with van der Waals surface area (Å²) in [5.41, 5.74) is 1.61. The lowest BCUT2D eigenvalue weighted by Gasteiger charge is -2.16. The minimum Gasteiger partial charge on any atom is -0.495 e. The van der Waals surface area contributed by atoms with Crippen LogP contribution < -0.4 is 10.1 Å². The molecule has 0 aliphatic rings. The van der Waals surface area contributed by atoms with Gasteiger partial charge < -0.3 is 10.1 Å². The van der Waals surface area contributed by atoms with Gasteiger partial charge in [-0.05, 0) is 19.5 Å². The van der Waals surface area contributed by atoms with E-state index in [2.05, 4.69) is 25.2 Å². The highest BCUT2D eigenvalue weighted by molar-refractivity contribution is 5.49. The molecule has 3 heteroatoms. The molecule has 0 bridgehead atoms. The normalized spacial score (nSPS) is 11.9. The smallest absolute Gasteiger partial charge is 0.141 e. The first kappa shape index (κ1) is 11.5. The molecule has 0 fully saturated rings. The molecular formula is C12H16N2O. The van der Waals surface area contributed by atoms with Crippen molar-refractivity contribution in [2.24, 2.45) is 0 Å². The van der Waals surface area contributed by atoms with Gasteiger partial charge in [0, 0.05) is 11.6 Å². The van der Waals surface area contributed by atoms with Crippen LogP contribution in [0.1, 0.15) is 31.0 Å². The predicted octanol–water partition coefficient (Wildman–Crippen LogP) is 2.24. The Morgan fingerprint density at radius 1 is 1.53 bits per heavy atom. The maximum atomic E-state index is 8.94. The van der Waals surface area contributed by atoms with Crippen molar-refractivity contribution in [3.8, 4) is 11.8 Å². The second-order valence-electron chi connectivity index (χ2n) is 3.32. The summed E-state index contributed by atoms with van der Waals surface area (Å²) in [6, 6.07) is 7.95. The minimum atomic E-state index is 0.193. The molecule has 0 saturated heterocycles. The summed E-state index contributed by atoms with van der Waals surface area (Å²) >= 11 is 0. The second-order valence-corrected chi connectivity index (χ2v) is 3.32. The van der Waals surface area contributed by atoms with Gasteiger partial charge in [-0.2, -0.15) is 5.26 Å². The van der Waals surface area contributed by atoms with E-state index in [0.29, 0.717) is 11.3 Å². The molecule has 0 aromatic heterocycles. The molecule has 0 spiro atoms. The van der Waals surface area contributed by atoms with E-state index in [0.717, 1.165) is 12.1 Å². The molecular weight excluding hydrogens is 188 g/mol. The molecule has 80 valence electrons. The van der Waals surface area contributed by atoms with E-state index >= 15 is 0 Å². The molecule has 1 atom stereocenters. The van der Waals surface area contributed by atoms with Crippen LogP contribution in [0.25, 0.3) is 0 Å². The van der Waals surface area contributed by atoms with Crippen molar-refractivity contribution in [2.45, 2.75) is 19.9 Å². The molecule has 0 amide bonds. The van der Waals surface area contributed by atoms with Crippen LogP contribution in [0, 0.1) is 11.3 Å². The first-order chi connectivity index (χ1) is 7.24. The zero-order valence-electron chi connectivity index (χ0n) is 9.37. The van der Waals surface area contributed by atoms with Gasteiger partial charge in [0.1, 0.15) is 11.8 Å². The minimum absolute atomic E-state index is 0.193. The highest BCUT2D eigenvalue weighted by Gasteiger charge is 2.13. The van der Waals surface area contributed by atoms with Gasteiger partial charge in [-0.3, -0.25) is 0 Å². The summed E-state index contributed by atoms with van der Waals surface area (Å²) in [6.45, 7) is 5.00. The Morgan fingerprint density at radius 2 is 2.27 bits per heavy atom. The van der Waals surface area contributed by atoms with Crippen LogP contribution in [0.3, 0.4) is 0 Å². The van der Waals surface area contributed by atoms with Crippen LogP contribution >= 0.6 is 0 Å². The number of methoxy groups -OCH3 is 1. The molecule has 0 aliphatic heterocycles. The maximum Gasteiger partial charge on any atom is 0.141 e. The van der Waals surface area contributed by atoms with Crippen LogP contribution in [-0.2, 0) is 0 Å². The number of benzene rings is 1. The van der Waals surface area contributed by atoms with Crippen molar-refractivity contribution in [2.75, 3.05) is 13.7 Å². The molecule has 1 aromatic carbocycles. The van der Waals surface area contributed by atoms with Crippen LogP contribution in [0.2, 0.25) is 0 Å².